The van der Waals surface area contributed by atoms with E-state index in [2.05, 4.69) is 10.2 Å². The number of hydrogen-bond donors (Lipinski definition) is 2. The lowest BCUT2D eigenvalue weighted by Gasteiger charge is -2.32. The van der Waals surface area contributed by atoms with Crippen LogP contribution in [-0.2, 0) is 0 Å². The summed E-state index contributed by atoms with van der Waals surface area (Å²) < 4.78 is 12.9. The molecule has 0 saturated carbocycles. The predicted molar refractivity (Wildman–Crippen MR) is 46.3 cm³/mol. The van der Waals surface area contributed by atoms with Gasteiger partial charge in [0.25, 0.3) is 0 Å². The molecule has 4 nitrogen and oxygen atoms in total. The van der Waals surface area contributed by atoms with Gasteiger partial charge < -0.3 is 10.0 Å². The van der Waals surface area contributed by atoms with E-state index < -0.39 is 12.3 Å². The molecular weight excluding hydrogens is 173 g/mol. The number of aliphatic hydroxyl groups is 1. The normalized spacial score (nSPS) is 29.2. The molecular formula is C8H12FN3O. The van der Waals surface area contributed by atoms with Crippen molar-refractivity contribution in [1.82, 2.24) is 10.2 Å². The number of nitrogens with zero attached hydrogens (tertiary/aromatic N) is 2. The van der Waals surface area contributed by atoms with Crippen molar-refractivity contribution in [1.29, 1.82) is 0 Å². The quantitative estimate of drug-likeness (QED) is 0.662. The fraction of sp³-hybridized carbons (Fsp3) is 0.625. The molecule has 2 rings (SSSR count). The molecule has 2 heterocycles. The van der Waals surface area contributed by atoms with Crippen LogP contribution in [0, 0.1) is 0 Å². The number of aliphatic hydroxyl groups excluding tert-OH is 1. The van der Waals surface area contributed by atoms with E-state index in [1.165, 1.54) is 0 Å². The largest absolute Gasteiger partial charge is 0.388 e. The van der Waals surface area contributed by atoms with Gasteiger partial charge in [-0.25, -0.2) is 4.39 Å². The van der Waals surface area contributed by atoms with Crippen molar-refractivity contribution < 1.29 is 9.50 Å². The first-order valence-corrected chi connectivity index (χ1v) is 4.34. The van der Waals surface area contributed by atoms with Crippen LogP contribution < -0.4 is 4.90 Å². The highest BCUT2D eigenvalue weighted by atomic mass is 19.1. The number of nitrogens with one attached hydrogen (secondary N) is 1. The molecule has 5 heteroatoms. The third-order valence-electron chi connectivity index (χ3n) is 2.31. The first-order valence-electron chi connectivity index (χ1n) is 4.34. The molecule has 1 aromatic rings. The lowest BCUT2D eigenvalue weighted by molar-refractivity contribution is 0.0643. The summed E-state index contributed by atoms with van der Waals surface area (Å²) in [5.74, 6) is 0.769. The number of rotatable bonds is 1. The number of β-amino-alcohol motifs (C(OH)–C–C–N with tert-alkyl or cyclic N) is 1. The van der Waals surface area contributed by atoms with E-state index in [0.717, 1.165) is 5.82 Å². The minimum atomic E-state index is -1.09. The fourth-order valence-corrected chi connectivity index (χ4v) is 1.54. The molecule has 1 aliphatic heterocycles. The molecule has 1 aliphatic rings. The minimum Gasteiger partial charge on any atom is -0.388 e. The van der Waals surface area contributed by atoms with E-state index in [-0.39, 0.29) is 0 Å². The van der Waals surface area contributed by atoms with Gasteiger partial charge in [0.05, 0.1) is 0 Å². The SMILES string of the molecule is OC1CN(c2cc[nH]n2)CCC1F. The molecule has 0 amide bonds. The minimum absolute atomic E-state index is 0.325. The second-order valence-electron chi connectivity index (χ2n) is 3.25. The van der Waals surface area contributed by atoms with Crippen LogP contribution in [0.25, 0.3) is 0 Å². The maximum atomic E-state index is 12.9. The molecule has 2 atom stereocenters. The van der Waals surface area contributed by atoms with Crippen molar-refractivity contribution in [3.8, 4) is 0 Å². The van der Waals surface area contributed by atoms with Crippen LogP contribution in [0.1, 0.15) is 6.42 Å². The van der Waals surface area contributed by atoms with E-state index in [0.29, 0.717) is 19.5 Å². The first kappa shape index (κ1) is 8.50. The van der Waals surface area contributed by atoms with Gasteiger partial charge in [-0.3, -0.25) is 5.10 Å². The standard InChI is InChI=1S/C8H12FN3O/c9-6-2-4-12(5-7(6)13)8-1-3-10-11-8/h1,3,6-7,13H,2,4-5H2,(H,10,11). The molecule has 1 saturated heterocycles. The lowest BCUT2D eigenvalue weighted by atomic mass is 10.1. The maximum Gasteiger partial charge on any atom is 0.150 e. The molecule has 2 unspecified atom stereocenters. The van der Waals surface area contributed by atoms with Crippen molar-refractivity contribution >= 4 is 5.82 Å². The first-order chi connectivity index (χ1) is 6.27. The van der Waals surface area contributed by atoms with Crippen molar-refractivity contribution in [2.45, 2.75) is 18.7 Å². The van der Waals surface area contributed by atoms with Crippen LogP contribution in [0.5, 0.6) is 0 Å². The van der Waals surface area contributed by atoms with Crippen LogP contribution >= 0.6 is 0 Å². The van der Waals surface area contributed by atoms with Gasteiger partial charge in [-0.15, -0.1) is 0 Å². The maximum absolute atomic E-state index is 12.9. The van der Waals surface area contributed by atoms with Crippen molar-refractivity contribution in [3.63, 3.8) is 0 Å². The summed E-state index contributed by atoms with van der Waals surface area (Å²) in [7, 11) is 0. The molecule has 1 fully saturated rings. The summed E-state index contributed by atoms with van der Waals surface area (Å²) in [6.07, 6.45) is 0.109. The Morgan fingerprint density at radius 1 is 1.69 bits per heavy atom. The Bertz CT molecular complexity index is 264. The van der Waals surface area contributed by atoms with Gasteiger partial charge in [0, 0.05) is 25.4 Å². The smallest absolute Gasteiger partial charge is 0.150 e. The second kappa shape index (κ2) is 3.33. The zero-order chi connectivity index (χ0) is 9.26. The zero-order valence-corrected chi connectivity index (χ0v) is 7.15. The second-order valence-corrected chi connectivity index (χ2v) is 3.25. The third-order valence-corrected chi connectivity index (χ3v) is 2.31. The molecule has 0 aromatic carbocycles. The number of anilines is 1. The highest BCUT2D eigenvalue weighted by Crippen LogP contribution is 2.18. The lowest BCUT2D eigenvalue weighted by Crippen LogP contribution is -2.45. The van der Waals surface area contributed by atoms with E-state index in [1.54, 1.807) is 6.20 Å². The van der Waals surface area contributed by atoms with Gasteiger partial charge in [0.2, 0.25) is 0 Å². The van der Waals surface area contributed by atoms with Gasteiger partial charge in [0.1, 0.15) is 18.1 Å². The number of piperidine rings is 1. The molecule has 0 aliphatic carbocycles. The van der Waals surface area contributed by atoms with Crippen molar-refractivity contribution in [2.24, 2.45) is 0 Å². The van der Waals surface area contributed by atoms with Crippen LogP contribution in [-0.4, -0.2) is 40.7 Å². The number of halogens is 1. The monoisotopic (exact) mass is 185 g/mol. The average Bonchev–Trinajstić information content (AvgIpc) is 2.62. The van der Waals surface area contributed by atoms with Gasteiger partial charge in [-0.1, -0.05) is 0 Å². The van der Waals surface area contributed by atoms with E-state index in [1.807, 2.05) is 11.0 Å². The Hall–Kier alpha value is -1.10. The Kier molecular flexibility index (Phi) is 2.18. The summed E-state index contributed by atoms with van der Waals surface area (Å²) in [6, 6.07) is 1.81. The van der Waals surface area contributed by atoms with Crippen LogP contribution in [0.4, 0.5) is 10.2 Å². The fourth-order valence-electron chi connectivity index (χ4n) is 1.54. The van der Waals surface area contributed by atoms with Gasteiger partial charge in [-0.2, -0.15) is 5.10 Å². The third kappa shape index (κ3) is 1.65. The Morgan fingerprint density at radius 3 is 3.15 bits per heavy atom. The Morgan fingerprint density at radius 2 is 2.54 bits per heavy atom. The average molecular weight is 185 g/mol. The molecule has 0 radical (unpaired) electrons. The summed E-state index contributed by atoms with van der Waals surface area (Å²) in [6.45, 7) is 0.940. The van der Waals surface area contributed by atoms with Crippen molar-refractivity contribution in [2.75, 3.05) is 18.0 Å². The summed E-state index contributed by atoms with van der Waals surface area (Å²) >= 11 is 0. The number of H-pyrrole nitrogens is 1. The molecule has 13 heavy (non-hydrogen) atoms. The molecule has 72 valence electrons. The van der Waals surface area contributed by atoms with Gasteiger partial charge >= 0.3 is 0 Å². The molecule has 1 aromatic heterocycles. The predicted octanol–water partition coefficient (Wildman–Crippen LogP) is 0.319. The molecule has 0 bridgehead atoms. The topological polar surface area (TPSA) is 52.1 Å². The Balaban J connectivity index is 2.03. The Labute approximate surface area is 75.4 Å². The number of aromatic amines is 1. The summed E-state index contributed by atoms with van der Waals surface area (Å²) in [4.78, 5) is 1.87. The zero-order valence-electron chi connectivity index (χ0n) is 7.15. The van der Waals surface area contributed by atoms with Crippen LogP contribution in [0.15, 0.2) is 12.3 Å². The molecule has 2 N–H and O–H groups in total. The molecule has 0 spiro atoms. The number of hydrogen-bond acceptors (Lipinski definition) is 3. The van der Waals surface area contributed by atoms with Crippen LogP contribution in [0.3, 0.4) is 0 Å². The summed E-state index contributed by atoms with van der Waals surface area (Å²) in [5.41, 5.74) is 0. The van der Waals surface area contributed by atoms with Crippen LogP contribution in [0.2, 0.25) is 0 Å². The highest BCUT2D eigenvalue weighted by Gasteiger charge is 2.27. The number of alkyl halides is 1. The van der Waals surface area contributed by atoms with E-state index in [9.17, 15) is 9.50 Å². The number of aromatic nitrogens is 2. The highest BCUT2D eigenvalue weighted by molar-refractivity contribution is 5.37. The summed E-state index contributed by atoms with van der Waals surface area (Å²) in [5, 5.41) is 15.9. The van der Waals surface area contributed by atoms with E-state index >= 15 is 0 Å². The van der Waals surface area contributed by atoms with Gasteiger partial charge in [-0.05, 0) is 6.42 Å². The van der Waals surface area contributed by atoms with Gasteiger partial charge in [0.15, 0.2) is 0 Å². The van der Waals surface area contributed by atoms with Crippen molar-refractivity contribution in [3.05, 3.63) is 12.3 Å². The van der Waals surface area contributed by atoms with E-state index in [4.69, 9.17) is 0 Å².